The predicted octanol–water partition coefficient (Wildman–Crippen LogP) is 2.80. The molecule has 0 saturated carbocycles. The van der Waals surface area contributed by atoms with Crippen molar-refractivity contribution in [2.75, 3.05) is 46.5 Å². The van der Waals surface area contributed by atoms with Crippen LogP contribution < -0.4 is 0 Å². The highest BCUT2D eigenvalue weighted by atomic mass is 32.2. The van der Waals surface area contributed by atoms with Crippen LogP contribution in [0.3, 0.4) is 0 Å². The maximum Gasteiger partial charge on any atom is 0.0185 e. The van der Waals surface area contributed by atoms with Crippen LogP contribution in [0.4, 0.5) is 0 Å². The van der Waals surface area contributed by atoms with Gasteiger partial charge in [0.2, 0.25) is 0 Å². The van der Waals surface area contributed by atoms with Crippen LogP contribution in [0.25, 0.3) is 0 Å². The number of rotatable bonds is 9. The van der Waals surface area contributed by atoms with Gasteiger partial charge in [-0.1, -0.05) is 30.3 Å². The van der Waals surface area contributed by atoms with E-state index in [-0.39, 0.29) is 0 Å². The second-order valence-electron chi connectivity index (χ2n) is 5.00. The Kier molecular flexibility index (Phi) is 8.14. The number of hydrogen-bond donors (Lipinski definition) is 0. The summed E-state index contributed by atoms with van der Waals surface area (Å²) in [5.74, 6) is 2.35. The van der Waals surface area contributed by atoms with Crippen molar-refractivity contribution in [1.82, 2.24) is 9.80 Å². The predicted molar refractivity (Wildman–Crippen MR) is 83.3 cm³/mol. The third-order valence-electron chi connectivity index (χ3n) is 2.87. The van der Waals surface area contributed by atoms with Crippen molar-refractivity contribution in [3.63, 3.8) is 0 Å². The van der Waals surface area contributed by atoms with Crippen molar-refractivity contribution in [1.29, 1.82) is 0 Å². The zero-order chi connectivity index (χ0) is 13.2. The molecule has 0 aliphatic rings. The summed E-state index contributed by atoms with van der Waals surface area (Å²) in [6.07, 6.45) is 1.26. The molecule has 0 unspecified atom stereocenters. The van der Waals surface area contributed by atoms with Gasteiger partial charge in [-0.3, -0.25) is 0 Å². The van der Waals surface area contributed by atoms with Gasteiger partial charge in [0.1, 0.15) is 0 Å². The fraction of sp³-hybridized carbons (Fsp3) is 0.600. The molecular formula is C15H26N2S. The summed E-state index contributed by atoms with van der Waals surface area (Å²) in [7, 11) is 6.49. The lowest BCUT2D eigenvalue weighted by atomic mass is 10.2. The molecule has 0 amide bonds. The Morgan fingerprint density at radius 3 is 2.33 bits per heavy atom. The zero-order valence-electron chi connectivity index (χ0n) is 11.9. The summed E-state index contributed by atoms with van der Waals surface area (Å²) in [5, 5.41) is 0. The Labute approximate surface area is 116 Å². The highest BCUT2D eigenvalue weighted by Crippen LogP contribution is 2.11. The van der Waals surface area contributed by atoms with Crippen molar-refractivity contribution >= 4 is 11.8 Å². The molecule has 2 nitrogen and oxygen atoms in total. The molecule has 1 rings (SSSR count). The Morgan fingerprint density at radius 1 is 0.944 bits per heavy atom. The van der Waals surface area contributed by atoms with E-state index in [1.165, 1.54) is 37.4 Å². The topological polar surface area (TPSA) is 6.48 Å². The SMILES string of the molecule is CN(C)CCCN(C)CCSCc1ccccc1. The molecule has 0 fully saturated rings. The minimum Gasteiger partial charge on any atom is -0.309 e. The number of thioether (sulfide) groups is 1. The zero-order valence-corrected chi connectivity index (χ0v) is 12.7. The summed E-state index contributed by atoms with van der Waals surface area (Å²) < 4.78 is 0. The third kappa shape index (κ3) is 7.75. The molecular weight excluding hydrogens is 240 g/mol. The normalized spacial score (nSPS) is 11.4. The molecule has 3 heteroatoms. The van der Waals surface area contributed by atoms with Crippen LogP contribution >= 0.6 is 11.8 Å². The minimum absolute atomic E-state index is 1.13. The highest BCUT2D eigenvalue weighted by Gasteiger charge is 1.99. The van der Waals surface area contributed by atoms with Crippen LogP contribution in [0.1, 0.15) is 12.0 Å². The van der Waals surface area contributed by atoms with Gasteiger partial charge < -0.3 is 9.80 Å². The smallest absolute Gasteiger partial charge is 0.0185 e. The monoisotopic (exact) mass is 266 g/mol. The van der Waals surface area contributed by atoms with Crippen LogP contribution in [0, 0.1) is 0 Å². The van der Waals surface area contributed by atoms with Crippen LogP contribution in [-0.2, 0) is 5.75 Å². The fourth-order valence-corrected chi connectivity index (χ4v) is 2.77. The van der Waals surface area contributed by atoms with Crippen molar-refractivity contribution in [2.24, 2.45) is 0 Å². The second kappa shape index (κ2) is 9.42. The van der Waals surface area contributed by atoms with E-state index in [1.54, 1.807) is 0 Å². The molecule has 0 heterocycles. The van der Waals surface area contributed by atoms with Gasteiger partial charge in [-0.05, 0) is 46.2 Å². The summed E-state index contributed by atoms with van der Waals surface area (Å²) in [5.41, 5.74) is 1.43. The van der Waals surface area contributed by atoms with Crippen LogP contribution in [0.5, 0.6) is 0 Å². The van der Waals surface area contributed by atoms with Gasteiger partial charge in [-0.2, -0.15) is 11.8 Å². The van der Waals surface area contributed by atoms with Gasteiger partial charge in [0, 0.05) is 18.1 Å². The Bertz CT molecular complexity index is 301. The summed E-state index contributed by atoms with van der Waals surface area (Å²) in [6, 6.07) is 10.7. The maximum absolute atomic E-state index is 2.43. The molecule has 0 aliphatic carbocycles. The van der Waals surface area contributed by atoms with Crippen molar-refractivity contribution in [3.05, 3.63) is 35.9 Å². The molecule has 18 heavy (non-hydrogen) atoms. The molecule has 0 saturated heterocycles. The van der Waals surface area contributed by atoms with E-state index in [1.807, 2.05) is 11.8 Å². The lowest BCUT2D eigenvalue weighted by Gasteiger charge is -2.17. The van der Waals surface area contributed by atoms with Gasteiger partial charge in [0.05, 0.1) is 0 Å². The first-order valence-corrected chi connectivity index (χ1v) is 7.79. The van der Waals surface area contributed by atoms with Crippen LogP contribution in [-0.4, -0.2) is 56.3 Å². The number of nitrogens with zero attached hydrogens (tertiary/aromatic N) is 2. The maximum atomic E-state index is 2.43. The third-order valence-corrected chi connectivity index (χ3v) is 3.88. The first-order valence-electron chi connectivity index (χ1n) is 6.63. The minimum atomic E-state index is 1.13. The molecule has 0 spiro atoms. The second-order valence-corrected chi connectivity index (χ2v) is 6.10. The van der Waals surface area contributed by atoms with Gasteiger partial charge in [0.25, 0.3) is 0 Å². The summed E-state index contributed by atoms with van der Waals surface area (Å²) >= 11 is 2.02. The van der Waals surface area contributed by atoms with E-state index in [2.05, 4.69) is 61.3 Å². The van der Waals surface area contributed by atoms with Crippen molar-refractivity contribution in [2.45, 2.75) is 12.2 Å². The van der Waals surface area contributed by atoms with Crippen LogP contribution in [0.15, 0.2) is 30.3 Å². The van der Waals surface area contributed by atoms with E-state index in [0.717, 1.165) is 5.75 Å². The van der Waals surface area contributed by atoms with Gasteiger partial charge in [0.15, 0.2) is 0 Å². The van der Waals surface area contributed by atoms with E-state index in [9.17, 15) is 0 Å². The lowest BCUT2D eigenvalue weighted by molar-refractivity contribution is 0.313. The number of benzene rings is 1. The van der Waals surface area contributed by atoms with E-state index in [4.69, 9.17) is 0 Å². The molecule has 0 bridgehead atoms. The van der Waals surface area contributed by atoms with E-state index in [0.29, 0.717) is 0 Å². The molecule has 0 aliphatic heterocycles. The first-order chi connectivity index (χ1) is 8.68. The van der Waals surface area contributed by atoms with Gasteiger partial charge >= 0.3 is 0 Å². The molecule has 1 aromatic rings. The largest absolute Gasteiger partial charge is 0.309 e. The van der Waals surface area contributed by atoms with E-state index < -0.39 is 0 Å². The van der Waals surface area contributed by atoms with E-state index >= 15 is 0 Å². The van der Waals surface area contributed by atoms with Crippen molar-refractivity contribution < 1.29 is 0 Å². The highest BCUT2D eigenvalue weighted by molar-refractivity contribution is 7.98. The van der Waals surface area contributed by atoms with Gasteiger partial charge in [-0.25, -0.2) is 0 Å². The average molecular weight is 266 g/mol. The quantitative estimate of drug-likeness (QED) is 0.635. The standard InChI is InChI=1S/C15H26N2S/c1-16(2)10-7-11-17(3)12-13-18-14-15-8-5-4-6-9-15/h4-6,8-9H,7,10-14H2,1-3H3. The molecule has 0 N–H and O–H groups in total. The Hall–Kier alpha value is -0.510. The van der Waals surface area contributed by atoms with Crippen LogP contribution in [0.2, 0.25) is 0 Å². The average Bonchev–Trinajstić information content (AvgIpc) is 2.35. The summed E-state index contributed by atoms with van der Waals surface area (Å²) in [4.78, 5) is 4.68. The fourth-order valence-electron chi connectivity index (χ4n) is 1.75. The first kappa shape index (κ1) is 15.5. The lowest BCUT2D eigenvalue weighted by Crippen LogP contribution is -2.25. The molecule has 0 atom stereocenters. The van der Waals surface area contributed by atoms with Gasteiger partial charge in [-0.15, -0.1) is 0 Å². The Morgan fingerprint density at radius 2 is 1.67 bits per heavy atom. The molecule has 0 radical (unpaired) electrons. The molecule has 0 aromatic heterocycles. The van der Waals surface area contributed by atoms with Crippen molar-refractivity contribution in [3.8, 4) is 0 Å². The Balaban J connectivity index is 2.00. The molecule has 102 valence electrons. The number of hydrogen-bond acceptors (Lipinski definition) is 3. The summed E-state index contributed by atoms with van der Waals surface area (Å²) in [6.45, 7) is 3.57. The molecule has 1 aromatic carbocycles.